The molecule has 1 aromatic rings. The summed E-state index contributed by atoms with van der Waals surface area (Å²) in [6, 6.07) is 5.96. The van der Waals surface area contributed by atoms with Gasteiger partial charge in [-0.1, -0.05) is 0 Å². The molecule has 0 spiro atoms. The van der Waals surface area contributed by atoms with E-state index in [1.165, 1.54) is 0 Å². The van der Waals surface area contributed by atoms with Crippen LogP contribution in [-0.4, -0.2) is 38.6 Å². The quantitative estimate of drug-likeness (QED) is 0.614. The van der Waals surface area contributed by atoms with Crippen LogP contribution in [0.15, 0.2) is 22.7 Å². The zero-order valence-corrected chi connectivity index (χ0v) is 14.7. The summed E-state index contributed by atoms with van der Waals surface area (Å²) in [5.41, 5.74) is 1.09. The van der Waals surface area contributed by atoms with E-state index in [4.69, 9.17) is 4.74 Å². The lowest BCUT2D eigenvalue weighted by molar-refractivity contribution is -0.682. The number of hydrogen-bond donors (Lipinski definition) is 3. The van der Waals surface area contributed by atoms with Crippen molar-refractivity contribution in [2.24, 2.45) is 0 Å². The highest BCUT2D eigenvalue weighted by molar-refractivity contribution is 9.10. The van der Waals surface area contributed by atoms with E-state index in [-0.39, 0.29) is 30.9 Å². The average molecular weight is 373 g/mol. The number of quaternary nitrogens is 1. The zero-order chi connectivity index (χ0) is 16.5. The molecule has 0 bridgehead atoms. The van der Waals surface area contributed by atoms with Gasteiger partial charge in [0.1, 0.15) is 11.8 Å². The number of ether oxygens (including phenoxy) is 1. The molecule has 2 amide bonds. The minimum atomic E-state index is -0.178. The van der Waals surface area contributed by atoms with Gasteiger partial charge in [0.2, 0.25) is 5.91 Å². The van der Waals surface area contributed by atoms with Crippen LogP contribution >= 0.6 is 15.9 Å². The van der Waals surface area contributed by atoms with Crippen LogP contribution in [0.1, 0.15) is 25.5 Å². The zero-order valence-electron chi connectivity index (χ0n) is 13.1. The van der Waals surface area contributed by atoms with E-state index in [0.29, 0.717) is 6.54 Å². The second-order valence-electron chi connectivity index (χ2n) is 4.85. The van der Waals surface area contributed by atoms with Crippen LogP contribution in [0, 0.1) is 0 Å². The van der Waals surface area contributed by atoms with Gasteiger partial charge in [-0.25, -0.2) is 0 Å². The van der Waals surface area contributed by atoms with Gasteiger partial charge in [0.05, 0.1) is 18.1 Å². The predicted octanol–water partition coefficient (Wildman–Crippen LogP) is 0.334. The Balaban J connectivity index is 2.42. The fraction of sp³-hybridized carbons (Fsp3) is 0.467. The van der Waals surface area contributed by atoms with Gasteiger partial charge in [0.15, 0.2) is 6.54 Å². The number of halogens is 1. The maximum Gasteiger partial charge on any atom is 0.275 e. The van der Waals surface area contributed by atoms with Crippen molar-refractivity contribution in [1.29, 1.82) is 0 Å². The summed E-state index contributed by atoms with van der Waals surface area (Å²) >= 11 is 3.45. The van der Waals surface area contributed by atoms with Crippen molar-refractivity contribution >= 4 is 27.7 Å². The maximum absolute atomic E-state index is 11.7. The molecule has 0 aliphatic heterocycles. The molecule has 0 fully saturated rings. The predicted molar refractivity (Wildman–Crippen MR) is 87.6 cm³/mol. The molecule has 122 valence electrons. The van der Waals surface area contributed by atoms with Crippen molar-refractivity contribution in [3.8, 4) is 5.75 Å². The minimum absolute atomic E-state index is 0.0168. The summed E-state index contributed by atoms with van der Waals surface area (Å²) in [5.74, 6) is 0.435. The number of nitrogens with two attached hydrogens (primary N) is 1. The number of amides is 2. The molecule has 0 heterocycles. The lowest BCUT2D eigenvalue weighted by Crippen LogP contribution is -2.87. The molecular formula is C15H23BrN3O3+. The average Bonchev–Trinajstić information content (AvgIpc) is 2.50. The molecule has 0 aromatic heterocycles. The van der Waals surface area contributed by atoms with Gasteiger partial charge in [-0.2, -0.15) is 0 Å². The normalized spacial score (nSPS) is 11.6. The molecule has 22 heavy (non-hydrogen) atoms. The fourth-order valence-corrected chi connectivity index (χ4v) is 2.45. The smallest absolute Gasteiger partial charge is 0.275 e. The van der Waals surface area contributed by atoms with Gasteiger partial charge < -0.3 is 20.7 Å². The molecule has 4 N–H and O–H groups in total. The molecule has 0 aliphatic rings. The summed E-state index contributed by atoms with van der Waals surface area (Å²) in [5, 5.41) is 7.14. The van der Waals surface area contributed by atoms with Gasteiger partial charge in [-0.15, -0.1) is 0 Å². The molecular weight excluding hydrogens is 350 g/mol. The van der Waals surface area contributed by atoms with Crippen molar-refractivity contribution in [3.05, 3.63) is 28.2 Å². The summed E-state index contributed by atoms with van der Waals surface area (Å²) < 4.78 is 6.08. The number of carbonyl (C=O) groups excluding carboxylic acids is 2. The number of carbonyl (C=O) groups is 2. The topological polar surface area (TPSA) is 84.0 Å². The van der Waals surface area contributed by atoms with E-state index in [0.717, 1.165) is 15.8 Å². The molecule has 7 heteroatoms. The Kier molecular flexibility index (Phi) is 7.90. The molecule has 0 radical (unpaired) electrons. The van der Waals surface area contributed by atoms with Crippen LogP contribution in [0.2, 0.25) is 0 Å². The second kappa shape index (κ2) is 9.42. The molecule has 0 saturated heterocycles. The highest BCUT2D eigenvalue weighted by atomic mass is 79.9. The highest BCUT2D eigenvalue weighted by Crippen LogP contribution is 2.26. The number of rotatable bonds is 8. The van der Waals surface area contributed by atoms with Crippen molar-refractivity contribution in [3.63, 3.8) is 0 Å². The Hall–Kier alpha value is -1.60. The first-order valence-corrected chi connectivity index (χ1v) is 7.97. The highest BCUT2D eigenvalue weighted by Gasteiger charge is 2.13. The van der Waals surface area contributed by atoms with Gasteiger partial charge in [-0.3, -0.25) is 9.59 Å². The largest absolute Gasteiger partial charge is 0.496 e. The molecule has 0 unspecified atom stereocenters. The number of methoxy groups -OCH3 is 1. The van der Waals surface area contributed by atoms with E-state index in [1.54, 1.807) is 7.11 Å². The van der Waals surface area contributed by atoms with Gasteiger partial charge in [0, 0.05) is 12.1 Å². The first kappa shape index (κ1) is 18.4. The van der Waals surface area contributed by atoms with E-state index >= 15 is 0 Å². The maximum atomic E-state index is 11.7. The summed E-state index contributed by atoms with van der Waals surface area (Å²) in [6.45, 7) is 4.70. The molecule has 1 aromatic carbocycles. The number of hydrogen-bond acceptors (Lipinski definition) is 3. The third-order valence-electron chi connectivity index (χ3n) is 3.18. The first-order valence-electron chi connectivity index (χ1n) is 7.18. The number of benzene rings is 1. The molecule has 1 rings (SSSR count). The Morgan fingerprint density at radius 1 is 1.32 bits per heavy atom. The lowest BCUT2D eigenvalue weighted by atomic mass is 10.1. The van der Waals surface area contributed by atoms with Gasteiger partial charge >= 0.3 is 0 Å². The minimum Gasteiger partial charge on any atom is -0.496 e. The number of likely N-dealkylation sites (N-methyl/N-ethyl adjacent to an activating group) is 1. The Morgan fingerprint density at radius 2 is 2.05 bits per heavy atom. The van der Waals surface area contributed by atoms with Crippen molar-refractivity contribution in [2.45, 2.75) is 19.9 Å². The van der Waals surface area contributed by atoms with Crippen LogP contribution in [0.4, 0.5) is 0 Å². The summed E-state index contributed by atoms with van der Waals surface area (Å²) in [4.78, 5) is 23.0. The first-order chi connectivity index (χ1) is 10.5. The van der Waals surface area contributed by atoms with Gasteiger partial charge in [0.25, 0.3) is 5.91 Å². The van der Waals surface area contributed by atoms with Crippen LogP contribution in [0.25, 0.3) is 0 Å². The van der Waals surface area contributed by atoms with E-state index in [1.807, 2.05) is 37.4 Å². The van der Waals surface area contributed by atoms with Crippen LogP contribution < -0.4 is 20.7 Å². The Morgan fingerprint density at radius 3 is 2.64 bits per heavy atom. The second-order valence-corrected chi connectivity index (χ2v) is 5.71. The van der Waals surface area contributed by atoms with Crippen LogP contribution in [0.3, 0.4) is 0 Å². The molecule has 6 nitrogen and oxygen atoms in total. The monoisotopic (exact) mass is 372 g/mol. The Labute approximate surface area is 139 Å². The van der Waals surface area contributed by atoms with E-state index in [2.05, 4.69) is 26.6 Å². The fourth-order valence-electron chi connectivity index (χ4n) is 1.90. The van der Waals surface area contributed by atoms with Crippen molar-refractivity contribution < 1.29 is 19.6 Å². The number of nitrogens with one attached hydrogen (secondary N) is 2. The van der Waals surface area contributed by atoms with Crippen LogP contribution in [0.5, 0.6) is 5.75 Å². The molecule has 1 atom stereocenters. The molecule has 0 aliphatic carbocycles. The standard InChI is InChI=1S/C15H22BrN3O3/c1-4-17-14(20)9-19-15(21)8-18-10(2)11-5-6-13(22-3)12(16)7-11/h5-7,10,18H,4,8-9H2,1-3H3,(H,17,20)(H,19,21)/p+1/t10-/m0/s1. The molecule has 0 saturated carbocycles. The van der Waals surface area contributed by atoms with Gasteiger partial charge in [-0.05, 0) is 48.0 Å². The van der Waals surface area contributed by atoms with Crippen LogP contribution in [-0.2, 0) is 9.59 Å². The summed E-state index contributed by atoms with van der Waals surface area (Å²) in [7, 11) is 1.62. The SMILES string of the molecule is CCNC(=O)CNC(=O)C[NH2+][C@@H](C)c1ccc(OC)c(Br)c1. The van der Waals surface area contributed by atoms with Crippen molar-refractivity contribution in [1.82, 2.24) is 10.6 Å². The van der Waals surface area contributed by atoms with Crippen molar-refractivity contribution in [2.75, 3.05) is 26.7 Å². The Bertz CT molecular complexity index is 523. The lowest BCUT2D eigenvalue weighted by Gasteiger charge is -2.13. The summed E-state index contributed by atoms with van der Waals surface area (Å²) in [6.07, 6.45) is 0. The van der Waals surface area contributed by atoms with E-state index in [9.17, 15) is 9.59 Å². The van der Waals surface area contributed by atoms with E-state index < -0.39 is 0 Å². The third kappa shape index (κ3) is 6.03. The third-order valence-corrected chi connectivity index (χ3v) is 3.80.